The maximum atomic E-state index is 12.5. The minimum atomic E-state index is -1.07. The molecule has 0 saturated heterocycles. The summed E-state index contributed by atoms with van der Waals surface area (Å²) in [6.45, 7) is 11.6. The first kappa shape index (κ1) is 24.3. The van der Waals surface area contributed by atoms with Crippen molar-refractivity contribution >= 4 is 5.78 Å². The average Bonchev–Trinajstić information content (AvgIpc) is 3.16. The fraction of sp³-hybridized carbons (Fsp3) is 0.710. The van der Waals surface area contributed by atoms with Gasteiger partial charge in [-0.2, -0.15) is 0 Å². The van der Waals surface area contributed by atoms with Crippen LogP contribution in [0.4, 0.5) is 0 Å². The Labute approximate surface area is 206 Å². The summed E-state index contributed by atoms with van der Waals surface area (Å²) in [6, 6.07) is 8.40. The van der Waals surface area contributed by atoms with E-state index in [9.17, 15) is 9.90 Å². The van der Waals surface area contributed by atoms with Gasteiger partial charge in [0, 0.05) is 18.8 Å². The number of carbonyl (C=O) groups excluding carboxylic acids is 1. The maximum absolute atomic E-state index is 12.5. The number of ketones is 1. The summed E-state index contributed by atoms with van der Waals surface area (Å²) < 4.78 is 6.20. The Balaban J connectivity index is 1.39. The zero-order valence-electron chi connectivity index (χ0n) is 21.9. The average molecular weight is 465 g/mol. The number of aliphatic hydroxyl groups is 1. The van der Waals surface area contributed by atoms with Gasteiger partial charge in [0.25, 0.3) is 0 Å². The smallest absolute Gasteiger partial charge is 0.169 e. The van der Waals surface area contributed by atoms with E-state index >= 15 is 0 Å². The van der Waals surface area contributed by atoms with E-state index in [4.69, 9.17) is 4.74 Å². The van der Waals surface area contributed by atoms with E-state index in [-0.39, 0.29) is 16.7 Å². The van der Waals surface area contributed by atoms with Gasteiger partial charge in [-0.1, -0.05) is 62.2 Å². The van der Waals surface area contributed by atoms with E-state index in [2.05, 4.69) is 58.0 Å². The number of fused-ring (bicyclic) bond motifs is 5. The third kappa shape index (κ3) is 3.82. The van der Waals surface area contributed by atoms with Crippen molar-refractivity contribution in [1.82, 2.24) is 0 Å². The molecule has 0 radical (unpaired) electrons. The summed E-state index contributed by atoms with van der Waals surface area (Å²) in [5, 5.41) is 11.5. The van der Waals surface area contributed by atoms with Gasteiger partial charge in [-0.05, 0) is 92.4 Å². The standard InChI is InChI=1S/C31H44O3/c1-6-23-17-24-18-31(33,34-19-22-9-7-20(2)8-10-22)16-15-29(24,4)27-13-14-30(5)25(21(3)32)11-12-26(30)28(23)27/h7-10,17,23,25-28,33H,6,11-16,18-19H2,1-5H3. The minimum absolute atomic E-state index is 0.144. The molecule has 4 aliphatic rings. The summed E-state index contributed by atoms with van der Waals surface area (Å²) >= 11 is 0. The van der Waals surface area contributed by atoms with Crippen LogP contribution in [-0.2, 0) is 16.1 Å². The second-order valence-corrected chi connectivity index (χ2v) is 12.7. The molecule has 1 N–H and O–H groups in total. The van der Waals surface area contributed by atoms with Crippen LogP contribution in [0.1, 0.15) is 90.2 Å². The monoisotopic (exact) mass is 464 g/mol. The molecule has 8 unspecified atom stereocenters. The van der Waals surface area contributed by atoms with Crippen LogP contribution < -0.4 is 0 Å². The molecule has 0 aliphatic heterocycles. The van der Waals surface area contributed by atoms with Crippen LogP contribution in [-0.4, -0.2) is 16.7 Å². The van der Waals surface area contributed by atoms with Crippen molar-refractivity contribution in [3.05, 3.63) is 47.0 Å². The second kappa shape index (κ2) is 8.59. The predicted molar refractivity (Wildman–Crippen MR) is 136 cm³/mol. The first-order chi connectivity index (χ1) is 16.1. The minimum Gasteiger partial charge on any atom is -0.365 e. The van der Waals surface area contributed by atoms with Gasteiger partial charge in [-0.15, -0.1) is 0 Å². The highest BCUT2D eigenvalue weighted by molar-refractivity contribution is 5.79. The Kier molecular flexibility index (Phi) is 6.13. The Bertz CT molecular complexity index is 963. The number of Topliss-reactive ketones (excluding diaryl/α,β-unsaturated/α-hetero) is 1. The Morgan fingerprint density at radius 2 is 1.79 bits per heavy atom. The van der Waals surface area contributed by atoms with Gasteiger partial charge in [0.15, 0.2) is 5.79 Å². The molecular weight excluding hydrogens is 420 g/mol. The molecule has 8 atom stereocenters. The summed E-state index contributed by atoms with van der Waals surface area (Å²) in [5.41, 5.74) is 4.11. The number of allylic oxidation sites excluding steroid dienone is 1. The molecule has 3 saturated carbocycles. The largest absolute Gasteiger partial charge is 0.365 e. The van der Waals surface area contributed by atoms with E-state index < -0.39 is 5.79 Å². The topological polar surface area (TPSA) is 46.5 Å². The molecule has 3 fully saturated rings. The Hall–Kier alpha value is -1.45. The van der Waals surface area contributed by atoms with Crippen LogP contribution in [0.5, 0.6) is 0 Å². The molecule has 0 bridgehead atoms. The molecule has 0 amide bonds. The van der Waals surface area contributed by atoms with E-state index in [1.807, 2.05) is 6.92 Å². The second-order valence-electron chi connectivity index (χ2n) is 12.7. The zero-order valence-corrected chi connectivity index (χ0v) is 21.9. The molecule has 4 aliphatic carbocycles. The van der Waals surface area contributed by atoms with Gasteiger partial charge in [-0.25, -0.2) is 0 Å². The summed E-state index contributed by atoms with van der Waals surface area (Å²) in [5.74, 6) is 2.10. The highest BCUT2D eigenvalue weighted by Gasteiger charge is 2.61. The quantitative estimate of drug-likeness (QED) is 0.377. The predicted octanol–water partition coefficient (Wildman–Crippen LogP) is 7.00. The molecule has 0 aromatic heterocycles. The highest BCUT2D eigenvalue weighted by atomic mass is 16.6. The number of aryl methyl sites for hydroxylation is 1. The van der Waals surface area contributed by atoms with Gasteiger partial charge in [-0.3, -0.25) is 4.79 Å². The molecular formula is C31H44O3. The first-order valence-electron chi connectivity index (χ1n) is 13.7. The van der Waals surface area contributed by atoms with E-state index in [1.165, 1.54) is 30.4 Å². The van der Waals surface area contributed by atoms with Crippen molar-refractivity contribution in [3.63, 3.8) is 0 Å². The van der Waals surface area contributed by atoms with Crippen LogP contribution in [0, 0.1) is 47.3 Å². The van der Waals surface area contributed by atoms with Gasteiger partial charge in [0.05, 0.1) is 6.61 Å². The molecule has 5 rings (SSSR count). The van der Waals surface area contributed by atoms with Crippen LogP contribution in [0.15, 0.2) is 35.9 Å². The lowest BCUT2D eigenvalue weighted by Gasteiger charge is -2.60. The number of benzene rings is 1. The Morgan fingerprint density at radius 1 is 1.06 bits per heavy atom. The maximum Gasteiger partial charge on any atom is 0.169 e. The zero-order chi connectivity index (χ0) is 24.3. The number of ether oxygens (including phenoxy) is 1. The lowest BCUT2D eigenvalue weighted by atomic mass is 9.45. The van der Waals surface area contributed by atoms with E-state index in [1.54, 1.807) is 0 Å². The lowest BCUT2D eigenvalue weighted by Crippen LogP contribution is -2.55. The van der Waals surface area contributed by atoms with Gasteiger partial charge < -0.3 is 9.84 Å². The number of hydrogen-bond donors (Lipinski definition) is 1. The molecule has 0 spiro atoms. The molecule has 3 heteroatoms. The molecule has 1 aromatic carbocycles. The lowest BCUT2D eigenvalue weighted by molar-refractivity contribution is -0.232. The molecule has 1 aromatic rings. The number of rotatable bonds is 5. The van der Waals surface area contributed by atoms with Crippen molar-refractivity contribution in [2.45, 2.75) is 98.4 Å². The number of hydrogen-bond acceptors (Lipinski definition) is 3. The van der Waals surface area contributed by atoms with Gasteiger partial charge in [0.2, 0.25) is 0 Å². The van der Waals surface area contributed by atoms with Crippen LogP contribution in [0.2, 0.25) is 0 Å². The summed E-state index contributed by atoms with van der Waals surface area (Å²) in [4.78, 5) is 12.5. The van der Waals surface area contributed by atoms with Crippen molar-refractivity contribution in [2.24, 2.45) is 40.4 Å². The normalized spacial score (nSPS) is 43.5. The molecule has 186 valence electrons. The fourth-order valence-corrected chi connectivity index (χ4v) is 8.86. The van der Waals surface area contributed by atoms with E-state index in [0.29, 0.717) is 48.9 Å². The van der Waals surface area contributed by atoms with Crippen LogP contribution in [0.25, 0.3) is 0 Å². The van der Waals surface area contributed by atoms with Crippen molar-refractivity contribution in [3.8, 4) is 0 Å². The fourth-order valence-electron chi connectivity index (χ4n) is 8.86. The molecule has 0 heterocycles. The van der Waals surface area contributed by atoms with Gasteiger partial charge >= 0.3 is 0 Å². The molecule has 34 heavy (non-hydrogen) atoms. The third-order valence-electron chi connectivity index (χ3n) is 10.9. The van der Waals surface area contributed by atoms with Crippen molar-refractivity contribution < 1.29 is 14.6 Å². The summed E-state index contributed by atoms with van der Waals surface area (Å²) in [7, 11) is 0. The van der Waals surface area contributed by atoms with Crippen molar-refractivity contribution in [1.29, 1.82) is 0 Å². The SMILES string of the molecule is CCC1C=C2CC(O)(OCc3ccc(C)cc3)CCC2(C)C2CCC3(C)C(C(C)=O)CCC3C12. The number of carbonyl (C=O) groups is 1. The van der Waals surface area contributed by atoms with Crippen LogP contribution >= 0.6 is 0 Å². The van der Waals surface area contributed by atoms with E-state index in [0.717, 1.165) is 24.8 Å². The van der Waals surface area contributed by atoms with Crippen LogP contribution in [0.3, 0.4) is 0 Å². The highest BCUT2D eigenvalue weighted by Crippen LogP contribution is 2.68. The summed E-state index contributed by atoms with van der Waals surface area (Å²) in [6.07, 6.45) is 10.7. The van der Waals surface area contributed by atoms with Crippen molar-refractivity contribution in [2.75, 3.05) is 0 Å². The molecule has 3 nitrogen and oxygen atoms in total. The third-order valence-corrected chi connectivity index (χ3v) is 10.9. The van der Waals surface area contributed by atoms with Gasteiger partial charge in [0.1, 0.15) is 5.78 Å². The Morgan fingerprint density at radius 3 is 2.47 bits per heavy atom. The first-order valence-corrected chi connectivity index (χ1v) is 13.7.